The summed E-state index contributed by atoms with van der Waals surface area (Å²) in [5.74, 6) is -0.133. The Labute approximate surface area is 134 Å². The van der Waals surface area contributed by atoms with E-state index >= 15 is 0 Å². The Hall–Kier alpha value is -2.06. The summed E-state index contributed by atoms with van der Waals surface area (Å²) in [7, 11) is 3.42. The number of urea groups is 1. The van der Waals surface area contributed by atoms with Gasteiger partial charge in [0.2, 0.25) is 0 Å². The lowest BCUT2D eigenvalue weighted by molar-refractivity contribution is -0.145. The fourth-order valence-electron chi connectivity index (χ4n) is 2.90. The summed E-state index contributed by atoms with van der Waals surface area (Å²) >= 11 is 0. The van der Waals surface area contributed by atoms with Crippen molar-refractivity contribution in [3.05, 3.63) is 18.6 Å². The Morgan fingerprint density at radius 2 is 2.17 bits per heavy atom. The van der Waals surface area contributed by atoms with Crippen LogP contribution in [0.15, 0.2) is 23.0 Å². The van der Waals surface area contributed by atoms with Crippen LogP contribution in [0.25, 0.3) is 0 Å². The molecule has 126 valence electrons. The Bertz CT molecular complexity index is 574. The lowest BCUT2D eigenvalue weighted by atomic mass is 10.0. The number of nitrogens with zero attached hydrogens (tertiary/aromatic N) is 3. The Morgan fingerprint density at radius 3 is 2.87 bits per heavy atom. The van der Waals surface area contributed by atoms with Crippen molar-refractivity contribution in [2.24, 2.45) is 0 Å². The van der Waals surface area contributed by atoms with Gasteiger partial charge >= 0.3 is 6.03 Å². The van der Waals surface area contributed by atoms with Crippen molar-refractivity contribution >= 4 is 17.6 Å². The Kier molecular flexibility index (Phi) is 4.27. The normalized spacial score (nSPS) is 25.6. The van der Waals surface area contributed by atoms with Crippen molar-refractivity contribution in [3.63, 3.8) is 0 Å². The minimum Gasteiger partial charge on any atom is -0.470 e. The van der Waals surface area contributed by atoms with Crippen LogP contribution in [-0.2, 0) is 14.3 Å². The topological polar surface area (TPSA) is 75.5 Å². The zero-order valence-corrected chi connectivity index (χ0v) is 13.4. The zero-order valence-electron chi connectivity index (χ0n) is 13.4. The van der Waals surface area contributed by atoms with E-state index in [1.807, 2.05) is 0 Å². The standard InChI is InChI=1S/C15H21N3O5/c1-16(2)14(20)17-4-6-22-11-15(9-17)10-18(13(19)8-23-15)12-3-5-21-7-12/h3,5,7H,4,6,8-11H2,1-2H3. The average molecular weight is 323 g/mol. The van der Waals surface area contributed by atoms with Crippen LogP contribution < -0.4 is 4.90 Å². The number of furan rings is 1. The van der Waals surface area contributed by atoms with Crippen LogP contribution in [0.4, 0.5) is 10.5 Å². The predicted octanol–water partition coefficient (Wildman–Crippen LogP) is 0.395. The first-order chi connectivity index (χ1) is 11.0. The van der Waals surface area contributed by atoms with Gasteiger partial charge in [0.05, 0.1) is 38.3 Å². The number of amides is 3. The number of carbonyl (C=O) groups is 2. The lowest BCUT2D eigenvalue weighted by Crippen LogP contribution is -2.61. The molecule has 1 spiro atoms. The minimum absolute atomic E-state index is 0.0431. The van der Waals surface area contributed by atoms with Crippen molar-refractivity contribution in [3.8, 4) is 0 Å². The number of rotatable bonds is 1. The highest BCUT2D eigenvalue weighted by molar-refractivity contribution is 5.95. The van der Waals surface area contributed by atoms with Crippen molar-refractivity contribution in [2.45, 2.75) is 5.60 Å². The molecule has 2 fully saturated rings. The van der Waals surface area contributed by atoms with Crippen LogP contribution in [-0.4, -0.2) is 80.9 Å². The molecule has 0 saturated carbocycles. The van der Waals surface area contributed by atoms with E-state index in [0.29, 0.717) is 38.5 Å². The second-order valence-corrected chi connectivity index (χ2v) is 6.08. The SMILES string of the molecule is CN(C)C(=O)N1CCOCC2(C1)CN(c1ccoc1)C(=O)CO2. The van der Waals surface area contributed by atoms with Gasteiger partial charge < -0.3 is 28.6 Å². The number of ether oxygens (including phenoxy) is 2. The molecule has 1 aromatic rings. The quantitative estimate of drug-likeness (QED) is 0.747. The molecule has 0 bridgehead atoms. The van der Waals surface area contributed by atoms with Gasteiger partial charge in [-0.25, -0.2) is 4.79 Å². The molecule has 3 rings (SSSR count). The summed E-state index contributed by atoms with van der Waals surface area (Å²) in [6, 6.07) is 1.64. The molecule has 0 aromatic carbocycles. The van der Waals surface area contributed by atoms with E-state index in [9.17, 15) is 9.59 Å². The highest BCUT2D eigenvalue weighted by Crippen LogP contribution is 2.27. The van der Waals surface area contributed by atoms with Gasteiger partial charge in [0.25, 0.3) is 5.91 Å². The van der Waals surface area contributed by atoms with Gasteiger partial charge in [-0.15, -0.1) is 0 Å². The third kappa shape index (κ3) is 3.18. The second kappa shape index (κ2) is 6.21. The highest BCUT2D eigenvalue weighted by atomic mass is 16.6. The monoisotopic (exact) mass is 323 g/mol. The van der Waals surface area contributed by atoms with E-state index in [1.54, 1.807) is 30.0 Å². The molecule has 1 unspecified atom stereocenters. The van der Waals surface area contributed by atoms with E-state index in [-0.39, 0.29) is 18.5 Å². The molecule has 0 aliphatic carbocycles. The maximum Gasteiger partial charge on any atom is 0.319 e. The van der Waals surface area contributed by atoms with Crippen molar-refractivity contribution in [1.82, 2.24) is 9.80 Å². The van der Waals surface area contributed by atoms with Crippen LogP contribution in [0.2, 0.25) is 0 Å². The van der Waals surface area contributed by atoms with Crippen molar-refractivity contribution in [1.29, 1.82) is 0 Å². The summed E-state index contributed by atoms with van der Waals surface area (Å²) in [5.41, 5.74) is -0.0414. The van der Waals surface area contributed by atoms with Gasteiger partial charge in [-0.2, -0.15) is 0 Å². The van der Waals surface area contributed by atoms with E-state index in [2.05, 4.69) is 0 Å². The average Bonchev–Trinajstić information content (AvgIpc) is 2.98. The number of morpholine rings is 1. The van der Waals surface area contributed by atoms with Crippen LogP contribution in [0.5, 0.6) is 0 Å². The highest BCUT2D eigenvalue weighted by Gasteiger charge is 2.44. The molecular weight excluding hydrogens is 302 g/mol. The third-order valence-electron chi connectivity index (χ3n) is 4.07. The number of hydrogen-bond donors (Lipinski definition) is 0. The molecule has 3 amide bonds. The van der Waals surface area contributed by atoms with Crippen LogP contribution in [0, 0.1) is 0 Å². The van der Waals surface area contributed by atoms with Crippen LogP contribution in [0.3, 0.4) is 0 Å². The molecule has 2 saturated heterocycles. The largest absolute Gasteiger partial charge is 0.470 e. The number of carbonyl (C=O) groups excluding carboxylic acids is 2. The summed E-state index contributed by atoms with van der Waals surface area (Å²) < 4.78 is 16.5. The molecule has 2 aliphatic rings. The van der Waals surface area contributed by atoms with Gasteiger partial charge in [-0.1, -0.05) is 0 Å². The van der Waals surface area contributed by atoms with E-state index < -0.39 is 5.60 Å². The lowest BCUT2D eigenvalue weighted by Gasteiger charge is -2.42. The number of hydrogen-bond acceptors (Lipinski definition) is 5. The summed E-state index contributed by atoms with van der Waals surface area (Å²) in [6.45, 7) is 1.95. The van der Waals surface area contributed by atoms with Crippen molar-refractivity contribution < 1.29 is 23.5 Å². The summed E-state index contributed by atoms with van der Waals surface area (Å²) in [6.07, 6.45) is 3.05. The van der Waals surface area contributed by atoms with Gasteiger partial charge in [0, 0.05) is 26.7 Å². The molecule has 1 aromatic heterocycles. The second-order valence-electron chi connectivity index (χ2n) is 6.08. The summed E-state index contributed by atoms with van der Waals surface area (Å²) in [5, 5.41) is 0. The molecule has 3 heterocycles. The first-order valence-corrected chi connectivity index (χ1v) is 7.51. The van der Waals surface area contributed by atoms with Crippen LogP contribution >= 0.6 is 0 Å². The van der Waals surface area contributed by atoms with Crippen molar-refractivity contribution in [2.75, 3.05) is 58.5 Å². The van der Waals surface area contributed by atoms with Gasteiger partial charge in [0.15, 0.2) is 0 Å². The fraction of sp³-hybridized carbons (Fsp3) is 0.600. The first kappa shape index (κ1) is 15.8. The smallest absolute Gasteiger partial charge is 0.319 e. The maximum absolute atomic E-state index is 12.3. The molecule has 0 N–H and O–H groups in total. The molecule has 1 atom stereocenters. The van der Waals surface area contributed by atoms with E-state index in [1.165, 1.54) is 17.4 Å². The van der Waals surface area contributed by atoms with Gasteiger partial charge in [-0.05, 0) is 0 Å². The van der Waals surface area contributed by atoms with E-state index in [0.717, 1.165) is 0 Å². The first-order valence-electron chi connectivity index (χ1n) is 7.51. The molecular formula is C15H21N3O5. The predicted molar refractivity (Wildman–Crippen MR) is 81.2 cm³/mol. The van der Waals surface area contributed by atoms with Gasteiger partial charge in [0.1, 0.15) is 18.5 Å². The Morgan fingerprint density at radius 1 is 1.35 bits per heavy atom. The Balaban J connectivity index is 1.81. The fourth-order valence-corrected chi connectivity index (χ4v) is 2.90. The molecule has 8 heteroatoms. The van der Waals surface area contributed by atoms with E-state index in [4.69, 9.17) is 13.9 Å². The minimum atomic E-state index is -0.729. The van der Waals surface area contributed by atoms with Gasteiger partial charge in [-0.3, -0.25) is 4.79 Å². The zero-order chi connectivity index (χ0) is 16.4. The van der Waals surface area contributed by atoms with Crippen LogP contribution in [0.1, 0.15) is 0 Å². The number of anilines is 1. The molecule has 23 heavy (non-hydrogen) atoms. The third-order valence-corrected chi connectivity index (χ3v) is 4.07. The molecule has 8 nitrogen and oxygen atoms in total. The maximum atomic E-state index is 12.3. The molecule has 2 aliphatic heterocycles. The molecule has 0 radical (unpaired) electrons. The summed E-state index contributed by atoms with van der Waals surface area (Å²) in [4.78, 5) is 29.3.